The molecule has 104 valence electrons. The Hall–Kier alpha value is -0.580. The third kappa shape index (κ3) is 3.71. The number of carboxylic acids is 1. The average Bonchev–Trinajstić information content (AvgIpc) is 2.34. The lowest BCUT2D eigenvalue weighted by Crippen LogP contribution is -2.46. The van der Waals surface area contributed by atoms with Crippen molar-refractivity contribution in [2.75, 3.05) is 6.54 Å². The van der Waals surface area contributed by atoms with Crippen LogP contribution < -0.4 is 0 Å². The molecule has 2 rings (SSSR count). The van der Waals surface area contributed by atoms with Crippen molar-refractivity contribution < 1.29 is 9.90 Å². The van der Waals surface area contributed by atoms with Crippen LogP contribution in [0.25, 0.3) is 0 Å². The summed E-state index contributed by atoms with van der Waals surface area (Å²) in [6.45, 7) is 3.51. The molecular weight excluding hydrogens is 330 g/mol. The largest absolute Gasteiger partial charge is 0.480 e. The molecule has 0 radical (unpaired) electrons. The summed E-state index contributed by atoms with van der Waals surface area (Å²) < 4.78 is 0.934. The molecule has 5 heteroatoms. The first kappa shape index (κ1) is 14.8. The number of hydrogen-bond donors (Lipinski definition) is 1. The molecular formula is C14H17BrClNO2. The summed E-state index contributed by atoms with van der Waals surface area (Å²) in [7, 11) is 0. The van der Waals surface area contributed by atoms with Gasteiger partial charge < -0.3 is 5.11 Å². The topological polar surface area (TPSA) is 40.5 Å². The van der Waals surface area contributed by atoms with Gasteiger partial charge in [0.25, 0.3) is 0 Å². The highest BCUT2D eigenvalue weighted by Crippen LogP contribution is 2.27. The third-order valence-electron chi connectivity index (χ3n) is 3.65. The Kier molecular flexibility index (Phi) is 4.87. The van der Waals surface area contributed by atoms with Crippen LogP contribution in [0.15, 0.2) is 22.7 Å². The van der Waals surface area contributed by atoms with E-state index < -0.39 is 12.0 Å². The maximum absolute atomic E-state index is 11.4. The van der Waals surface area contributed by atoms with Crippen LogP contribution in [-0.2, 0) is 11.3 Å². The van der Waals surface area contributed by atoms with Crippen molar-refractivity contribution in [2.24, 2.45) is 5.92 Å². The fraction of sp³-hybridized carbons (Fsp3) is 0.500. The van der Waals surface area contributed by atoms with Crippen LogP contribution in [0.5, 0.6) is 0 Å². The van der Waals surface area contributed by atoms with E-state index in [0.717, 1.165) is 23.0 Å². The van der Waals surface area contributed by atoms with Gasteiger partial charge in [-0.15, -0.1) is 0 Å². The molecule has 19 heavy (non-hydrogen) atoms. The smallest absolute Gasteiger partial charge is 0.320 e. The van der Waals surface area contributed by atoms with Crippen LogP contribution in [0.4, 0.5) is 0 Å². The second kappa shape index (κ2) is 6.25. The molecule has 0 aromatic heterocycles. The van der Waals surface area contributed by atoms with Gasteiger partial charge in [0.05, 0.1) is 0 Å². The van der Waals surface area contributed by atoms with Crippen LogP contribution >= 0.6 is 27.5 Å². The van der Waals surface area contributed by atoms with E-state index in [0.29, 0.717) is 23.9 Å². The number of likely N-dealkylation sites (tertiary alicyclic amines) is 1. The zero-order valence-corrected chi connectivity index (χ0v) is 13.1. The SMILES string of the molecule is CC1CCN(Cc2ccc(Br)cc2Cl)C(C(=O)O)C1. The second-order valence-corrected chi connectivity index (χ2v) is 6.51. The number of nitrogens with zero attached hydrogens (tertiary/aromatic N) is 1. The zero-order valence-electron chi connectivity index (χ0n) is 10.8. The van der Waals surface area contributed by atoms with Gasteiger partial charge >= 0.3 is 5.97 Å². The monoisotopic (exact) mass is 345 g/mol. The molecule has 1 fully saturated rings. The van der Waals surface area contributed by atoms with Gasteiger partial charge in [-0.3, -0.25) is 9.69 Å². The fourth-order valence-electron chi connectivity index (χ4n) is 2.51. The Morgan fingerprint density at radius 3 is 2.95 bits per heavy atom. The molecule has 2 unspecified atom stereocenters. The van der Waals surface area contributed by atoms with E-state index >= 15 is 0 Å². The first-order chi connectivity index (χ1) is 8.97. The Bertz CT molecular complexity index is 481. The maximum Gasteiger partial charge on any atom is 0.320 e. The van der Waals surface area contributed by atoms with Gasteiger partial charge in [-0.25, -0.2) is 0 Å². The first-order valence-electron chi connectivity index (χ1n) is 6.38. The Morgan fingerprint density at radius 1 is 1.58 bits per heavy atom. The van der Waals surface area contributed by atoms with Gasteiger partial charge in [0.2, 0.25) is 0 Å². The van der Waals surface area contributed by atoms with E-state index in [-0.39, 0.29) is 0 Å². The van der Waals surface area contributed by atoms with Crippen molar-refractivity contribution in [3.63, 3.8) is 0 Å². The molecule has 1 aliphatic heterocycles. The Morgan fingerprint density at radius 2 is 2.32 bits per heavy atom. The summed E-state index contributed by atoms with van der Waals surface area (Å²) in [4.78, 5) is 13.4. The number of piperidine rings is 1. The highest BCUT2D eigenvalue weighted by atomic mass is 79.9. The maximum atomic E-state index is 11.4. The highest BCUT2D eigenvalue weighted by Gasteiger charge is 2.31. The number of halogens is 2. The minimum Gasteiger partial charge on any atom is -0.480 e. The number of carbonyl (C=O) groups is 1. The van der Waals surface area contributed by atoms with Crippen molar-refractivity contribution in [1.82, 2.24) is 4.90 Å². The van der Waals surface area contributed by atoms with E-state index in [1.54, 1.807) is 0 Å². The molecule has 1 aromatic carbocycles. The van der Waals surface area contributed by atoms with Gasteiger partial charge in [-0.1, -0.05) is 40.5 Å². The molecule has 1 saturated heterocycles. The van der Waals surface area contributed by atoms with Gasteiger partial charge in [0.1, 0.15) is 6.04 Å². The van der Waals surface area contributed by atoms with E-state index in [9.17, 15) is 9.90 Å². The summed E-state index contributed by atoms with van der Waals surface area (Å²) in [6.07, 6.45) is 1.75. The molecule has 2 atom stereocenters. The molecule has 0 amide bonds. The second-order valence-electron chi connectivity index (χ2n) is 5.19. The molecule has 1 heterocycles. The normalized spacial score (nSPS) is 24.4. The van der Waals surface area contributed by atoms with Crippen molar-refractivity contribution in [2.45, 2.75) is 32.4 Å². The summed E-state index contributed by atoms with van der Waals surface area (Å²) in [5.41, 5.74) is 0.977. The van der Waals surface area contributed by atoms with E-state index in [2.05, 4.69) is 22.9 Å². The van der Waals surface area contributed by atoms with E-state index in [1.165, 1.54) is 0 Å². The minimum atomic E-state index is -0.736. The predicted molar refractivity (Wildman–Crippen MR) is 79.4 cm³/mol. The summed E-state index contributed by atoms with van der Waals surface area (Å²) in [5.74, 6) is -0.266. The van der Waals surface area contributed by atoms with E-state index in [4.69, 9.17) is 11.6 Å². The number of aliphatic carboxylic acids is 1. The molecule has 1 aliphatic rings. The van der Waals surface area contributed by atoms with Crippen LogP contribution in [0, 0.1) is 5.92 Å². The molecule has 1 N–H and O–H groups in total. The van der Waals surface area contributed by atoms with Gasteiger partial charge in [0.15, 0.2) is 0 Å². The van der Waals surface area contributed by atoms with Gasteiger partial charge in [0, 0.05) is 16.0 Å². The fourth-order valence-corrected chi connectivity index (χ4v) is 3.24. The predicted octanol–water partition coefficient (Wildman–Crippen LogP) is 3.79. The standard InChI is InChI=1S/C14H17BrClNO2/c1-9-4-5-17(13(6-9)14(18)19)8-10-2-3-11(15)7-12(10)16/h2-3,7,9,13H,4-6,8H2,1H3,(H,18,19). The number of benzene rings is 1. The average molecular weight is 347 g/mol. The Labute approximate surface area is 126 Å². The molecule has 0 bridgehead atoms. The van der Waals surface area contributed by atoms with Crippen molar-refractivity contribution in [1.29, 1.82) is 0 Å². The molecule has 0 aliphatic carbocycles. The van der Waals surface area contributed by atoms with E-state index in [1.807, 2.05) is 23.1 Å². The van der Waals surface area contributed by atoms with Crippen LogP contribution in [0.2, 0.25) is 5.02 Å². The van der Waals surface area contributed by atoms with Crippen LogP contribution in [0.1, 0.15) is 25.3 Å². The number of carboxylic acid groups (broad SMARTS) is 1. The highest BCUT2D eigenvalue weighted by molar-refractivity contribution is 9.10. The quantitative estimate of drug-likeness (QED) is 0.905. The molecule has 1 aromatic rings. The van der Waals surface area contributed by atoms with Crippen molar-refractivity contribution >= 4 is 33.5 Å². The lowest BCUT2D eigenvalue weighted by molar-refractivity contribution is -0.145. The molecule has 0 spiro atoms. The van der Waals surface area contributed by atoms with Gasteiger partial charge in [-0.2, -0.15) is 0 Å². The Balaban J connectivity index is 2.14. The summed E-state index contributed by atoms with van der Waals surface area (Å²) in [6, 6.07) is 5.33. The van der Waals surface area contributed by atoms with Crippen LogP contribution in [-0.4, -0.2) is 28.6 Å². The van der Waals surface area contributed by atoms with Crippen molar-refractivity contribution in [3.05, 3.63) is 33.3 Å². The molecule has 0 saturated carbocycles. The minimum absolute atomic E-state index is 0.400. The lowest BCUT2D eigenvalue weighted by atomic mass is 9.92. The van der Waals surface area contributed by atoms with Crippen molar-refractivity contribution in [3.8, 4) is 0 Å². The zero-order chi connectivity index (χ0) is 14.0. The lowest BCUT2D eigenvalue weighted by Gasteiger charge is -2.36. The third-order valence-corrected chi connectivity index (χ3v) is 4.49. The molecule has 3 nitrogen and oxygen atoms in total. The summed E-state index contributed by atoms with van der Waals surface area (Å²) >= 11 is 9.57. The van der Waals surface area contributed by atoms with Gasteiger partial charge in [-0.05, 0) is 43.0 Å². The van der Waals surface area contributed by atoms with Crippen LogP contribution in [0.3, 0.4) is 0 Å². The summed E-state index contributed by atoms with van der Waals surface area (Å²) in [5, 5.41) is 10.0. The number of hydrogen-bond acceptors (Lipinski definition) is 2. The first-order valence-corrected chi connectivity index (χ1v) is 7.55. The number of rotatable bonds is 3.